The average molecular weight is 390 g/mol. The van der Waals surface area contributed by atoms with Gasteiger partial charge in [0, 0.05) is 36.5 Å². The molecule has 4 nitrogen and oxygen atoms in total. The van der Waals surface area contributed by atoms with Gasteiger partial charge in [0.1, 0.15) is 18.5 Å². The van der Waals surface area contributed by atoms with Crippen molar-refractivity contribution in [3.05, 3.63) is 83.2 Å². The third-order valence-corrected chi connectivity index (χ3v) is 4.27. The van der Waals surface area contributed by atoms with E-state index in [0.29, 0.717) is 0 Å². The van der Waals surface area contributed by atoms with Crippen LogP contribution in [-0.2, 0) is 7.05 Å². The van der Waals surface area contributed by atoms with Crippen LogP contribution in [-0.4, -0.2) is 27.5 Å². The molecular formula is C25H29N2O2+. The molecule has 0 atom stereocenters. The van der Waals surface area contributed by atoms with E-state index < -0.39 is 0 Å². The van der Waals surface area contributed by atoms with Crippen molar-refractivity contribution >= 4 is 24.4 Å². The summed E-state index contributed by atoms with van der Waals surface area (Å²) in [6.45, 7) is 1.99. The Balaban J connectivity index is 2.38. The molecule has 0 saturated carbocycles. The van der Waals surface area contributed by atoms with Crippen molar-refractivity contribution in [1.82, 2.24) is 0 Å². The van der Waals surface area contributed by atoms with Crippen molar-refractivity contribution in [3.63, 3.8) is 0 Å². The number of methoxy groups -OCH3 is 2. The molecule has 0 aliphatic rings. The van der Waals surface area contributed by atoms with Crippen LogP contribution in [0.1, 0.15) is 23.6 Å². The molecule has 0 bridgehead atoms. The Morgan fingerprint density at radius 2 is 1.55 bits per heavy atom. The minimum absolute atomic E-state index is 0.783. The summed E-state index contributed by atoms with van der Waals surface area (Å²) in [5.74, 6) is 1.57. The SMILES string of the molecule is C\C=C/C(/C=C/c1cc(OC)c(/C=C/c2cc[n+](C)cc2)cc1OC)=C\C=NC. The molecular weight excluding hydrogens is 360 g/mol. The zero-order valence-electron chi connectivity index (χ0n) is 17.8. The number of aromatic nitrogens is 1. The summed E-state index contributed by atoms with van der Waals surface area (Å²) in [6, 6.07) is 8.10. The van der Waals surface area contributed by atoms with E-state index in [1.165, 1.54) is 0 Å². The molecule has 29 heavy (non-hydrogen) atoms. The molecule has 2 aromatic rings. The standard InChI is InChI=1S/C25H29N2O2/c1-6-7-20(12-15-26-2)8-10-22-18-25(29-5)23(19-24(22)28-4)11-9-21-13-16-27(3)17-14-21/h6-19H,1-5H3/q+1/b7-6-,10-8+,11-9+,20-12+,26-15?. The molecule has 0 spiro atoms. The Hall–Kier alpha value is -3.40. The largest absolute Gasteiger partial charge is 0.496 e. The Morgan fingerprint density at radius 3 is 2.10 bits per heavy atom. The highest BCUT2D eigenvalue weighted by Gasteiger charge is 2.08. The fourth-order valence-corrected chi connectivity index (χ4v) is 2.72. The molecule has 0 N–H and O–H groups in total. The van der Waals surface area contributed by atoms with E-state index in [-0.39, 0.29) is 0 Å². The molecule has 0 saturated heterocycles. The Labute approximate surface area is 173 Å². The molecule has 4 heteroatoms. The maximum absolute atomic E-state index is 5.62. The van der Waals surface area contributed by atoms with E-state index in [4.69, 9.17) is 9.47 Å². The first-order chi connectivity index (χ1) is 14.1. The first-order valence-corrected chi connectivity index (χ1v) is 9.44. The first-order valence-electron chi connectivity index (χ1n) is 9.44. The molecule has 1 aromatic heterocycles. The van der Waals surface area contributed by atoms with Crippen LogP contribution in [0.15, 0.2) is 71.5 Å². The summed E-state index contributed by atoms with van der Waals surface area (Å²) in [6.07, 6.45) is 19.9. The summed E-state index contributed by atoms with van der Waals surface area (Å²) in [7, 11) is 7.11. The van der Waals surface area contributed by atoms with E-state index in [0.717, 1.165) is 33.8 Å². The third kappa shape index (κ3) is 6.61. The number of pyridine rings is 1. The predicted octanol–water partition coefficient (Wildman–Crippen LogP) is 4.92. The van der Waals surface area contributed by atoms with Gasteiger partial charge in [-0.15, -0.1) is 0 Å². The minimum Gasteiger partial charge on any atom is -0.496 e. The summed E-state index contributed by atoms with van der Waals surface area (Å²) in [4.78, 5) is 4.01. The Bertz CT molecular complexity index is 950. The van der Waals surface area contributed by atoms with Crippen LogP contribution < -0.4 is 14.0 Å². The lowest BCUT2D eigenvalue weighted by atomic mass is 10.1. The van der Waals surface area contributed by atoms with Gasteiger partial charge in [-0.05, 0) is 36.3 Å². The van der Waals surface area contributed by atoms with Crippen LogP contribution in [0.25, 0.3) is 18.2 Å². The van der Waals surface area contributed by atoms with E-state index in [2.05, 4.69) is 23.2 Å². The van der Waals surface area contributed by atoms with Gasteiger partial charge in [0.2, 0.25) is 0 Å². The molecule has 1 aromatic carbocycles. The molecule has 150 valence electrons. The number of benzene rings is 1. The van der Waals surface area contributed by atoms with Crippen LogP contribution in [0, 0.1) is 0 Å². The fourth-order valence-electron chi connectivity index (χ4n) is 2.72. The smallest absolute Gasteiger partial charge is 0.169 e. The summed E-state index contributed by atoms with van der Waals surface area (Å²) in [5, 5.41) is 0. The monoisotopic (exact) mass is 389 g/mol. The quantitative estimate of drug-likeness (QED) is 0.365. The number of hydrogen-bond donors (Lipinski definition) is 0. The topological polar surface area (TPSA) is 34.7 Å². The maximum Gasteiger partial charge on any atom is 0.169 e. The number of nitrogens with zero attached hydrogens (tertiary/aromatic N) is 2. The predicted molar refractivity (Wildman–Crippen MR) is 122 cm³/mol. The Kier molecular flexibility index (Phi) is 8.64. The minimum atomic E-state index is 0.783. The number of aliphatic imine (C=N–C) groups is 1. The molecule has 1 heterocycles. The van der Waals surface area contributed by atoms with Crippen molar-refractivity contribution in [2.24, 2.45) is 12.0 Å². The second-order valence-corrected chi connectivity index (χ2v) is 6.37. The highest BCUT2D eigenvalue weighted by Crippen LogP contribution is 2.31. The molecule has 0 amide bonds. The number of aryl methyl sites for hydroxylation is 1. The average Bonchev–Trinajstić information content (AvgIpc) is 2.75. The van der Waals surface area contributed by atoms with E-state index >= 15 is 0 Å². The molecule has 0 unspecified atom stereocenters. The first kappa shape index (κ1) is 21.9. The summed E-state index contributed by atoms with van der Waals surface area (Å²) < 4.78 is 13.2. The van der Waals surface area contributed by atoms with Crippen molar-refractivity contribution in [3.8, 4) is 11.5 Å². The molecule has 2 rings (SSSR count). The highest BCUT2D eigenvalue weighted by atomic mass is 16.5. The summed E-state index contributed by atoms with van der Waals surface area (Å²) in [5.41, 5.74) is 4.06. The number of allylic oxidation sites excluding steroid dienone is 5. The van der Waals surface area contributed by atoms with Gasteiger partial charge >= 0.3 is 0 Å². The normalized spacial score (nSPS) is 12.7. The zero-order chi connectivity index (χ0) is 21.1. The van der Waals surface area contributed by atoms with E-state index in [1.54, 1.807) is 27.5 Å². The highest BCUT2D eigenvalue weighted by molar-refractivity contribution is 5.77. The third-order valence-electron chi connectivity index (χ3n) is 4.27. The lowest BCUT2D eigenvalue weighted by molar-refractivity contribution is -0.671. The van der Waals surface area contributed by atoms with Crippen LogP contribution >= 0.6 is 0 Å². The van der Waals surface area contributed by atoms with Gasteiger partial charge in [0.25, 0.3) is 0 Å². The number of hydrogen-bond acceptors (Lipinski definition) is 3. The van der Waals surface area contributed by atoms with Gasteiger partial charge in [0.15, 0.2) is 12.4 Å². The number of ether oxygens (including phenoxy) is 2. The lowest BCUT2D eigenvalue weighted by Crippen LogP contribution is -2.25. The van der Waals surface area contributed by atoms with E-state index in [9.17, 15) is 0 Å². The van der Waals surface area contributed by atoms with Crippen LogP contribution in [0.3, 0.4) is 0 Å². The van der Waals surface area contributed by atoms with Crippen LogP contribution in [0.2, 0.25) is 0 Å². The lowest BCUT2D eigenvalue weighted by Gasteiger charge is -2.11. The number of rotatable bonds is 8. The van der Waals surface area contributed by atoms with Crippen molar-refractivity contribution < 1.29 is 14.0 Å². The van der Waals surface area contributed by atoms with Gasteiger partial charge in [-0.2, -0.15) is 0 Å². The van der Waals surface area contributed by atoms with Crippen LogP contribution in [0.4, 0.5) is 0 Å². The van der Waals surface area contributed by atoms with Crippen molar-refractivity contribution in [1.29, 1.82) is 0 Å². The van der Waals surface area contributed by atoms with Gasteiger partial charge in [-0.1, -0.05) is 36.5 Å². The van der Waals surface area contributed by atoms with E-state index in [1.807, 2.05) is 79.5 Å². The zero-order valence-corrected chi connectivity index (χ0v) is 17.8. The van der Waals surface area contributed by atoms with Gasteiger partial charge in [-0.25, -0.2) is 4.57 Å². The molecule has 0 fully saturated rings. The molecule has 0 aliphatic carbocycles. The maximum atomic E-state index is 5.62. The van der Waals surface area contributed by atoms with Gasteiger partial charge < -0.3 is 9.47 Å². The second kappa shape index (κ2) is 11.4. The van der Waals surface area contributed by atoms with Crippen LogP contribution in [0.5, 0.6) is 11.5 Å². The molecule has 0 aliphatic heterocycles. The fraction of sp³-hybridized carbons (Fsp3) is 0.200. The van der Waals surface area contributed by atoms with Crippen molar-refractivity contribution in [2.75, 3.05) is 21.3 Å². The summed E-state index contributed by atoms with van der Waals surface area (Å²) >= 11 is 0. The van der Waals surface area contributed by atoms with Crippen molar-refractivity contribution in [2.45, 2.75) is 6.92 Å². The second-order valence-electron chi connectivity index (χ2n) is 6.37. The van der Waals surface area contributed by atoms with Gasteiger partial charge in [-0.3, -0.25) is 4.99 Å². The van der Waals surface area contributed by atoms with Gasteiger partial charge in [0.05, 0.1) is 14.2 Å². The Morgan fingerprint density at radius 1 is 0.931 bits per heavy atom. The molecule has 0 radical (unpaired) electrons.